The van der Waals surface area contributed by atoms with Crippen LogP contribution in [0.3, 0.4) is 0 Å². The van der Waals surface area contributed by atoms with Crippen LogP contribution in [0.2, 0.25) is 5.02 Å². The van der Waals surface area contributed by atoms with Crippen LogP contribution in [0.1, 0.15) is 43.5 Å². The summed E-state index contributed by atoms with van der Waals surface area (Å²) in [5, 5.41) is 4.63. The highest BCUT2D eigenvalue weighted by Crippen LogP contribution is 2.39. The summed E-state index contributed by atoms with van der Waals surface area (Å²) in [6, 6.07) is 12.7. The molecule has 0 fully saturated rings. The van der Waals surface area contributed by atoms with E-state index in [0.29, 0.717) is 40.0 Å². The minimum atomic E-state index is -0.407. The number of ether oxygens (including phenoxy) is 1. The Labute approximate surface area is 162 Å². The number of rotatable bonds is 4. The number of hydrogen-bond acceptors (Lipinski definition) is 5. The van der Waals surface area contributed by atoms with Gasteiger partial charge in [-0.25, -0.2) is 0 Å². The molecule has 0 atom stereocenters. The standard InChI is InChI=1S/C21H19ClN2O3/c1-3-21(4-2)12-17(25)16-11-14(8-9-18(16)26-21)20-23-19(24-27-20)13-6-5-7-15(22)10-13/h5-11H,3-4,12H2,1-2H3. The molecule has 6 heteroatoms. The monoisotopic (exact) mass is 382 g/mol. The summed E-state index contributed by atoms with van der Waals surface area (Å²) in [5.41, 5.74) is 1.61. The molecular formula is C21H19ClN2O3. The van der Waals surface area contributed by atoms with Gasteiger partial charge in [0.05, 0.1) is 12.0 Å². The van der Waals surface area contributed by atoms with Gasteiger partial charge in [-0.15, -0.1) is 0 Å². The van der Waals surface area contributed by atoms with Gasteiger partial charge in [0.1, 0.15) is 11.4 Å². The second-order valence-electron chi connectivity index (χ2n) is 6.74. The summed E-state index contributed by atoms with van der Waals surface area (Å²) >= 11 is 6.02. The maximum absolute atomic E-state index is 12.7. The molecule has 138 valence electrons. The lowest BCUT2D eigenvalue weighted by atomic mass is 9.85. The number of benzene rings is 2. The highest BCUT2D eigenvalue weighted by Gasteiger charge is 2.37. The predicted octanol–water partition coefficient (Wildman–Crippen LogP) is 5.58. The van der Waals surface area contributed by atoms with Crippen molar-refractivity contribution in [2.24, 2.45) is 0 Å². The molecule has 0 amide bonds. The molecule has 1 aromatic heterocycles. The summed E-state index contributed by atoms with van der Waals surface area (Å²) in [4.78, 5) is 17.1. The van der Waals surface area contributed by atoms with Crippen molar-refractivity contribution in [1.29, 1.82) is 0 Å². The molecule has 0 saturated carbocycles. The van der Waals surface area contributed by atoms with Gasteiger partial charge in [0, 0.05) is 16.1 Å². The van der Waals surface area contributed by atoms with Crippen molar-refractivity contribution in [3.63, 3.8) is 0 Å². The molecule has 0 spiro atoms. The van der Waals surface area contributed by atoms with Gasteiger partial charge in [-0.2, -0.15) is 4.98 Å². The number of fused-ring (bicyclic) bond motifs is 1. The van der Waals surface area contributed by atoms with Crippen LogP contribution >= 0.6 is 11.6 Å². The first-order chi connectivity index (χ1) is 13.0. The number of hydrogen-bond donors (Lipinski definition) is 0. The number of Topliss-reactive ketones (excluding diaryl/α,β-unsaturated/α-hetero) is 1. The maximum atomic E-state index is 12.7. The molecule has 2 heterocycles. The SMILES string of the molecule is CCC1(CC)CC(=O)c2cc(-c3nc(-c4cccc(Cl)c4)no3)ccc2O1. The van der Waals surface area contributed by atoms with Crippen LogP contribution in [0.5, 0.6) is 5.75 Å². The Morgan fingerprint density at radius 2 is 1.93 bits per heavy atom. The molecule has 4 rings (SSSR count). The Hall–Kier alpha value is -2.66. The van der Waals surface area contributed by atoms with Gasteiger partial charge >= 0.3 is 0 Å². The number of carbonyl (C=O) groups excluding carboxylic acids is 1. The van der Waals surface area contributed by atoms with Crippen molar-refractivity contribution in [2.75, 3.05) is 0 Å². The number of carbonyl (C=O) groups is 1. The number of ketones is 1. The van der Waals surface area contributed by atoms with Gasteiger partial charge in [0.15, 0.2) is 5.78 Å². The van der Waals surface area contributed by atoms with E-state index in [4.69, 9.17) is 20.9 Å². The van der Waals surface area contributed by atoms with Crippen molar-refractivity contribution in [2.45, 2.75) is 38.7 Å². The van der Waals surface area contributed by atoms with Gasteiger partial charge in [-0.3, -0.25) is 4.79 Å². The molecule has 0 aliphatic carbocycles. The van der Waals surface area contributed by atoms with Crippen LogP contribution < -0.4 is 4.74 Å². The molecule has 1 aliphatic heterocycles. The van der Waals surface area contributed by atoms with E-state index in [9.17, 15) is 4.79 Å². The summed E-state index contributed by atoms with van der Waals surface area (Å²) in [6.45, 7) is 4.10. The Kier molecular flexibility index (Phi) is 4.48. The summed E-state index contributed by atoms with van der Waals surface area (Å²) < 4.78 is 11.6. The lowest BCUT2D eigenvalue weighted by molar-refractivity contribution is 0.0350. The highest BCUT2D eigenvalue weighted by molar-refractivity contribution is 6.30. The first-order valence-electron chi connectivity index (χ1n) is 9.00. The topological polar surface area (TPSA) is 65.2 Å². The van der Waals surface area contributed by atoms with Gasteiger partial charge < -0.3 is 9.26 Å². The van der Waals surface area contributed by atoms with Crippen LogP contribution in [-0.4, -0.2) is 21.5 Å². The quantitative estimate of drug-likeness (QED) is 0.589. The van der Waals surface area contributed by atoms with Crippen LogP contribution in [-0.2, 0) is 0 Å². The zero-order chi connectivity index (χ0) is 19.0. The number of halogens is 1. The summed E-state index contributed by atoms with van der Waals surface area (Å²) in [7, 11) is 0. The van der Waals surface area contributed by atoms with Crippen molar-refractivity contribution >= 4 is 17.4 Å². The average molecular weight is 383 g/mol. The normalized spacial score (nSPS) is 15.3. The van der Waals surface area contributed by atoms with Gasteiger partial charge in [0.25, 0.3) is 5.89 Å². The zero-order valence-corrected chi connectivity index (χ0v) is 15.9. The molecule has 0 N–H and O–H groups in total. The summed E-state index contributed by atoms with van der Waals surface area (Å²) in [5.74, 6) is 1.50. The third kappa shape index (κ3) is 3.23. The fraction of sp³-hybridized carbons (Fsp3) is 0.286. The largest absolute Gasteiger partial charge is 0.486 e. The minimum absolute atomic E-state index is 0.0800. The maximum Gasteiger partial charge on any atom is 0.258 e. The first kappa shape index (κ1) is 17.7. The van der Waals surface area contributed by atoms with E-state index in [2.05, 4.69) is 10.1 Å². The van der Waals surface area contributed by atoms with Gasteiger partial charge in [0.2, 0.25) is 5.82 Å². The molecule has 3 aromatic rings. The Morgan fingerprint density at radius 3 is 2.67 bits per heavy atom. The Morgan fingerprint density at radius 1 is 1.11 bits per heavy atom. The van der Waals surface area contributed by atoms with E-state index >= 15 is 0 Å². The van der Waals surface area contributed by atoms with E-state index in [1.807, 2.05) is 38.1 Å². The Balaban J connectivity index is 1.68. The molecule has 0 bridgehead atoms. The Bertz CT molecular complexity index is 1010. The van der Waals surface area contributed by atoms with Crippen LogP contribution in [0.15, 0.2) is 47.0 Å². The summed E-state index contributed by atoms with van der Waals surface area (Å²) in [6.07, 6.45) is 1.97. The molecule has 0 saturated heterocycles. The van der Waals surface area contributed by atoms with Crippen LogP contribution in [0.25, 0.3) is 22.8 Å². The van der Waals surface area contributed by atoms with Crippen molar-refractivity contribution in [1.82, 2.24) is 10.1 Å². The van der Waals surface area contributed by atoms with Crippen LogP contribution in [0.4, 0.5) is 0 Å². The third-order valence-electron chi connectivity index (χ3n) is 5.13. The lowest BCUT2D eigenvalue weighted by Crippen LogP contribution is -2.40. The number of nitrogens with zero attached hydrogens (tertiary/aromatic N) is 2. The number of aromatic nitrogens is 2. The molecule has 0 unspecified atom stereocenters. The van der Waals surface area contributed by atoms with E-state index in [1.54, 1.807) is 18.2 Å². The predicted molar refractivity (Wildman–Crippen MR) is 103 cm³/mol. The average Bonchev–Trinajstić information content (AvgIpc) is 3.18. The lowest BCUT2D eigenvalue weighted by Gasteiger charge is -2.36. The van der Waals surface area contributed by atoms with Crippen LogP contribution in [0, 0.1) is 0 Å². The molecule has 2 aromatic carbocycles. The zero-order valence-electron chi connectivity index (χ0n) is 15.2. The van der Waals surface area contributed by atoms with E-state index < -0.39 is 5.60 Å². The smallest absolute Gasteiger partial charge is 0.258 e. The van der Waals surface area contributed by atoms with E-state index in [-0.39, 0.29) is 5.78 Å². The minimum Gasteiger partial charge on any atom is -0.486 e. The second-order valence-corrected chi connectivity index (χ2v) is 7.17. The van der Waals surface area contributed by atoms with E-state index in [1.165, 1.54) is 0 Å². The molecule has 27 heavy (non-hydrogen) atoms. The fourth-order valence-corrected chi connectivity index (χ4v) is 3.55. The fourth-order valence-electron chi connectivity index (χ4n) is 3.36. The molecular weight excluding hydrogens is 364 g/mol. The van der Waals surface area contributed by atoms with E-state index in [0.717, 1.165) is 18.4 Å². The van der Waals surface area contributed by atoms with Gasteiger partial charge in [-0.05, 0) is 43.2 Å². The second kappa shape index (κ2) is 6.82. The molecule has 0 radical (unpaired) electrons. The third-order valence-corrected chi connectivity index (χ3v) is 5.37. The van der Waals surface area contributed by atoms with Crippen molar-refractivity contribution < 1.29 is 14.1 Å². The van der Waals surface area contributed by atoms with Crippen molar-refractivity contribution in [3.05, 3.63) is 53.1 Å². The highest BCUT2D eigenvalue weighted by atomic mass is 35.5. The molecule has 5 nitrogen and oxygen atoms in total. The van der Waals surface area contributed by atoms with Gasteiger partial charge in [-0.1, -0.05) is 42.7 Å². The van der Waals surface area contributed by atoms with Crippen molar-refractivity contribution in [3.8, 4) is 28.6 Å². The molecule has 1 aliphatic rings. The first-order valence-corrected chi connectivity index (χ1v) is 9.37.